The number of amides is 1. The molecular weight excluding hydrogens is 307 g/mol. The van der Waals surface area contributed by atoms with Gasteiger partial charge in [0, 0.05) is 12.0 Å². The average molecular weight is 320 g/mol. The fraction of sp³-hybridized carbons (Fsp3) is 0.286. The van der Waals surface area contributed by atoms with Gasteiger partial charge < -0.3 is 4.84 Å². The number of carbonyl (C=O) groups excluding carboxylic acids is 1. The lowest BCUT2D eigenvalue weighted by atomic mass is 10.0. The lowest BCUT2D eigenvalue weighted by Gasteiger charge is -2.06. The van der Waals surface area contributed by atoms with Gasteiger partial charge in [0.1, 0.15) is 10.8 Å². The van der Waals surface area contributed by atoms with E-state index in [4.69, 9.17) is 4.84 Å². The molecule has 0 spiro atoms. The molecule has 1 atom stereocenters. The molecule has 1 aliphatic heterocycles. The normalized spacial score (nSPS) is 17.0. The number of aromatic nitrogens is 2. The van der Waals surface area contributed by atoms with Gasteiger partial charge in [-0.1, -0.05) is 35.5 Å². The molecule has 0 aliphatic carbocycles. The number of carbonyl (C=O) groups is 1. The topological polar surface area (TPSA) is 76.5 Å². The summed E-state index contributed by atoms with van der Waals surface area (Å²) in [5.74, 6) is -0.692. The Morgan fingerprint density at radius 2 is 2.36 bits per heavy atom. The minimum atomic E-state index is -0.743. The largest absolute Gasteiger partial charge is 0.382 e. The molecule has 3 rings (SSSR count). The Labute approximate surface area is 130 Å². The van der Waals surface area contributed by atoms with Crippen molar-refractivity contribution in [3.63, 3.8) is 0 Å². The quantitative estimate of drug-likeness (QED) is 0.938. The zero-order chi connectivity index (χ0) is 15.5. The molecule has 1 aliphatic rings. The van der Waals surface area contributed by atoms with Crippen LogP contribution in [0.5, 0.6) is 0 Å². The molecule has 1 aromatic heterocycles. The van der Waals surface area contributed by atoms with E-state index >= 15 is 0 Å². The van der Waals surface area contributed by atoms with Crippen molar-refractivity contribution in [2.75, 3.05) is 5.32 Å². The highest BCUT2D eigenvalue weighted by Crippen LogP contribution is 2.20. The van der Waals surface area contributed by atoms with Gasteiger partial charge in [-0.3, -0.25) is 10.1 Å². The number of aryl methyl sites for hydroxylation is 1. The third-order valence-corrected chi connectivity index (χ3v) is 4.10. The van der Waals surface area contributed by atoms with Crippen LogP contribution < -0.4 is 5.32 Å². The van der Waals surface area contributed by atoms with Crippen LogP contribution in [-0.2, 0) is 16.1 Å². The Kier molecular flexibility index (Phi) is 4.10. The van der Waals surface area contributed by atoms with E-state index in [-0.39, 0.29) is 18.1 Å². The van der Waals surface area contributed by atoms with E-state index in [9.17, 15) is 9.18 Å². The second-order valence-electron chi connectivity index (χ2n) is 4.69. The number of benzene rings is 1. The lowest BCUT2D eigenvalue weighted by Crippen LogP contribution is -2.28. The maximum absolute atomic E-state index is 13.2. The highest BCUT2D eigenvalue weighted by Gasteiger charge is 2.29. The van der Waals surface area contributed by atoms with Gasteiger partial charge in [0.2, 0.25) is 11.2 Å². The predicted octanol–water partition coefficient (Wildman–Crippen LogP) is 2.37. The van der Waals surface area contributed by atoms with E-state index in [1.807, 2.05) is 6.92 Å². The summed E-state index contributed by atoms with van der Waals surface area (Å²) < 4.78 is 13.2. The first kappa shape index (κ1) is 14.6. The Bertz CT molecular complexity index is 731. The van der Waals surface area contributed by atoms with Gasteiger partial charge in [-0.25, -0.2) is 4.39 Å². The number of anilines is 1. The lowest BCUT2D eigenvalue weighted by molar-refractivity contribution is -0.125. The third-order valence-electron chi connectivity index (χ3n) is 3.12. The van der Waals surface area contributed by atoms with Crippen LogP contribution in [0.1, 0.15) is 23.9 Å². The molecular formula is C14H13FN4O2S. The molecule has 6 nitrogen and oxygen atoms in total. The van der Waals surface area contributed by atoms with Gasteiger partial charge in [-0.2, -0.15) is 0 Å². The number of rotatable bonds is 4. The first-order chi connectivity index (χ1) is 10.7. The third kappa shape index (κ3) is 3.11. The summed E-state index contributed by atoms with van der Waals surface area (Å²) in [5, 5.41) is 15.6. The van der Waals surface area contributed by atoms with Crippen molar-refractivity contribution < 1.29 is 14.0 Å². The second kappa shape index (κ2) is 6.18. The molecule has 22 heavy (non-hydrogen) atoms. The molecule has 2 heterocycles. The Balaban J connectivity index is 1.62. The summed E-state index contributed by atoms with van der Waals surface area (Å²) in [6.07, 6.45) is 0.307. The molecule has 1 aromatic carbocycles. The molecule has 0 saturated heterocycles. The maximum atomic E-state index is 13.2. The molecule has 1 N–H and O–H groups in total. The molecule has 0 saturated carbocycles. The summed E-state index contributed by atoms with van der Waals surface area (Å²) >= 11 is 1.32. The standard InChI is InChI=1S/C14H13FN4O2S/c1-2-12-17-18-14(22-12)16-13(20)11-7-10(19-21-11)8-4-3-5-9(15)6-8/h3-6,11H,2,7H2,1H3,(H,16,18,20). The van der Waals surface area contributed by atoms with E-state index in [2.05, 4.69) is 20.7 Å². The predicted molar refractivity (Wildman–Crippen MR) is 80.3 cm³/mol. The molecule has 8 heteroatoms. The number of nitrogens with one attached hydrogen (secondary N) is 1. The maximum Gasteiger partial charge on any atom is 0.270 e. The molecule has 0 bridgehead atoms. The van der Waals surface area contributed by atoms with Crippen LogP contribution in [0.4, 0.5) is 9.52 Å². The summed E-state index contributed by atoms with van der Waals surface area (Å²) in [6.45, 7) is 1.96. The van der Waals surface area contributed by atoms with Crippen LogP contribution in [0.15, 0.2) is 29.4 Å². The van der Waals surface area contributed by atoms with Gasteiger partial charge in [-0.05, 0) is 18.6 Å². The van der Waals surface area contributed by atoms with Crippen LogP contribution in [-0.4, -0.2) is 27.9 Å². The van der Waals surface area contributed by atoms with Gasteiger partial charge >= 0.3 is 0 Å². The minimum absolute atomic E-state index is 0.286. The van der Waals surface area contributed by atoms with Crippen molar-refractivity contribution in [1.29, 1.82) is 0 Å². The monoisotopic (exact) mass is 320 g/mol. The van der Waals surface area contributed by atoms with Crippen LogP contribution in [0, 0.1) is 5.82 Å². The van der Waals surface area contributed by atoms with Crippen LogP contribution in [0.25, 0.3) is 0 Å². The molecule has 1 amide bonds. The fourth-order valence-electron chi connectivity index (χ4n) is 1.99. The van der Waals surface area contributed by atoms with Crippen molar-refractivity contribution in [2.45, 2.75) is 25.9 Å². The molecule has 0 fully saturated rings. The van der Waals surface area contributed by atoms with E-state index in [1.54, 1.807) is 12.1 Å². The Hall–Kier alpha value is -2.35. The van der Waals surface area contributed by atoms with Crippen molar-refractivity contribution in [1.82, 2.24) is 10.2 Å². The number of oxime groups is 1. The van der Waals surface area contributed by atoms with Gasteiger partial charge in [-0.15, -0.1) is 10.2 Å². The van der Waals surface area contributed by atoms with Crippen molar-refractivity contribution in [3.8, 4) is 0 Å². The van der Waals surface area contributed by atoms with Gasteiger partial charge in [0.15, 0.2) is 0 Å². The smallest absolute Gasteiger partial charge is 0.270 e. The first-order valence-electron chi connectivity index (χ1n) is 6.77. The SMILES string of the molecule is CCc1nnc(NC(=O)C2CC(c3cccc(F)c3)=NO2)s1. The van der Waals surface area contributed by atoms with Gasteiger partial charge in [0.25, 0.3) is 5.91 Å². The number of hydrogen-bond acceptors (Lipinski definition) is 6. The van der Waals surface area contributed by atoms with Crippen LogP contribution >= 0.6 is 11.3 Å². The Morgan fingerprint density at radius 1 is 1.50 bits per heavy atom. The van der Waals surface area contributed by atoms with Crippen LogP contribution in [0.3, 0.4) is 0 Å². The van der Waals surface area contributed by atoms with Crippen molar-refractivity contribution in [3.05, 3.63) is 40.7 Å². The number of hydrogen-bond donors (Lipinski definition) is 1. The van der Waals surface area contributed by atoms with Crippen molar-refractivity contribution >= 4 is 28.1 Å². The number of halogens is 1. The second-order valence-corrected chi connectivity index (χ2v) is 5.75. The zero-order valence-corrected chi connectivity index (χ0v) is 12.6. The van der Waals surface area contributed by atoms with E-state index in [0.29, 0.717) is 16.4 Å². The van der Waals surface area contributed by atoms with Crippen molar-refractivity contribution in [2.24, 2.45) is 5.16 Å². The first-order valence-corrected chi connectivity index (χ1v) is 7.59. The highest BCUT2D eigenvalue weighted by atomic mass is 32.1. The number of nitrogens with zero attached hydrogens (tertiary/aromatic N) is 3. The molecule has 114 valence electrons. The summed E-state index contributed by atoms with van der Waals surface area (Å²) in [4.78, 5) is 17.2. The van der Waals surface area contributed by atoms with E-state index in [1.165, 1.54) is 23.5 Å². The van der Waals surface area contributed by atoms with E-state index in [0.717, 1.165) is 11.4 Å². The summed E-state index contributed by atoms with van der Waals surface area (Å²) in [7, 11) is 0. The summed E-state index contributed by atoms with van der Waals surface area (Å²) in [5.41, 5.74) is 1.16. The average Bonchev–Trinajstić information content (AvgIpc) is 3.16. The van der Waals surface area contributed by atoms with E-state index < -0.39 is 6.10 Å². The zero-order valence-electron chi connectivity index (χ0n) is 11.7. The molecule has 1 unspecified atom stereocenters. The fourth-order valence-corrected chi connectivity index (χ4v) is 2.67. The molecule has 2 aromatic rings. The Morgan fingerprint density at radius 3 is 3.09 bits per heavy atom. The van der Waals surface area contributed by atoms with Gasteiger partial charge in [0.05, 0.1) is 5.71 Å². The van der Waals surface area contributed by atoms with Crippen LogP contribution in [0.2, 0.25) is 0 Å². The highest BCUT2D eigenvalue weighted by molar-refractivity contribution is 7.15. The summed E-state index contributed by atoms with van der Waals surface area (Å²) in [6, 6.07) is 6.03. The minimum Gasteiger partial charge on any atom is -0.382 e. The molecule has 0 radical (unpaired) electrons.